The van der Waals surface area contributed by atoms with Crippen molar-refractivity contribution in [1.82, 2.24) is 9.97 Å². The predicted molar refractivity (Wildman–Crippen MR) is 61.9 cm³/mol. The number of hydrogen-bond acceptors (Lipinski definition) is 3. The molecule has 0 bridgehead atoms. The van der Waals surface area contributed by atoms with E-state index < -0.39 is 23.3 Å². The van der Waals surface area contributed by atoms with Crippen LogP contribution in [0.1, 0.15) is 28.6 Å². The molecule has 0 spiro atoms. The molecule has 18 heavy (non-hydrogen) atoms. The normalized spacial score (nSPS) is 12.5. The Morgan fingerprint density at radius 3 is 2.33 bits per heavy atom. The van der Waals surface area contributed by atoms with Crippen molar-refractivity contribution >= 4 is 0 Å². The van der Waals surface area contributed by atoms with Gasteiger partial charge in [-0.2, -0.15) is 0 Å². The van der Waals surface area contributed by atoms with Crippen LogP contribution in [0.15, 0.2) is 24.5 Å². The topological polar surface area (TPSA) is 46.0 Å². The van der Waals surface area contributed by atoms with Gasteiger partial charge < -0.3 is 5.11 Å². The van der Waals surface area contributed by atoms with Crippen molar-refractivity contribution in [1.29, 1.82) is 0 Å². The molecular formula is C13H12F2N2O. The second-order valence-electron chi connectivity index (χ2n) is 4.11. The number of aliphatic hydroxyl groups excluding tert-OH is 1. The van der Waals surface area contributed by atoms with Crippen LogP contribution in [-0.2, 0) is 0 Å². The molecular weight excluding hydrogens is 238 g/mol. The van der Waals surface area contributed by atoms with E-state index in [9.17, 15) is 13.9 Å². The highest BCUT2D eigenvalue weighted by atomic mass is 19.1. The van der Waals surface area contributed by atoms with Gasteiger partial charge in [0, 0.05) is 12.4 Å². The van der Waals surface area contributed by atoms with Gasteiger partial charge in [0.15, 0.2) is 5.82 Å². The second kappa shape index (κ2) is 4.78. The van der Waals surface area contributed by atoms with Gasteiger partial charge in [-0.05, 0) is 31.0 Å². The molecule has 2 rings (SSSR count). The first-order chi connectivity index (χ1) is 8.50. The number of rotatable bonds is 2. The van der Waals surface area contributed by atoms with E-state index in [1.165, 1.54) is 25.4 Å². The lowest BCUT2D eigenvalue weighted by Gasteiger charge is -2.13. The van der Waals surface area contributed by atoms with Gasteiger partial charge in [-0.25, -0.2) is 18.7 Å². The maximum Gasteiger partial charge on any atom is 0.161 e. The summed E-state index contributed by atoms with van der Waals surface area (Å²) < 4.78 is 27.4. The first kappa shape index (κ1) is 12.6. The standard InChI is InChI=1S/C13H12F2N2O/c1-7-5-16-13(17-6-7)12(18)10-9(14)4-3-8(2)11(10)15/h3-6,12,18H,1-2H3. The zero-order valence-corrected chi connectivity index (χ0v) is 9.98. The molecule has 0 amide bonds. The quantitative estimate of drug-likeness (QED) is 0.890. The van der Waals surface area contributed by atoms with Crippen LogP contribution in [0, 0.1) is 25.5 Å². The summed E-state index contributed by atoms with van der Waals surface area (Å²) in [6.07, 6.45) is 1.46. The van der Waals surface area contributed by atoms with Crippen molar-refractivity contribution in [2.45, 2.75) is 20.0 Å². The number of aliphatic hydroxyl groups is 1. The molecule has 94 valence electrons. The summed E-state index contributed by atoms with van der Waals surface area (Å²) >= 11 is 0. The molecule has 0 aliphatic heterocycles. The molecule has 0 aliphatic carbocycles. The summed E-state index contributed by atoms with van der Waals surface area (Å²) in [6, 6.07) is 2.43. The Hall–Kier alpha value is -1.88. The molecule has 0 fully saturated rings. The first-order valence-electron chi connectivity index (χ1n) is 5.42. The smallest absolute Gasteiger partial charge is 0.161 e. The Balaban J connectivity index is 2.49. The minimum Gasteiger partial charge on any atom is -0.380 e. The van der Waals surface area contributed by atoms with E-state index in [0.29, 0.717) is 0 Å². The van der Waals surface area contributed by atoms with Crippen molar-refractivity contribution in [3.63, 3.8) is 0 Å². The summed E-state index contributed by atoms with van der Waals surface area (Å²) in [6.45, 7) is 3.28. The fourth-order valence-corrected chi connectivity index (χ4v) is 1.60. The fraction of sp³-hybridized carbons (Fsp3) is 0.231. The van der Waals surface area contributed by atoms with Crippen LogP contribution in [0.4, 0.5) is 8.78 Å². The Morgan fingerprint density at radius 2 is 1.72 bits per heavy atom. The summed E-state index contributed by atoms with van der Waals surface area (Å²) in [5, 5.41) is 9.96. The van der Waals surface area contributed by atoms with Crippen LogP contribution in [0.2, 0.25) is 0 Å². The molecule has 0 radical (unpaired) electrons. The van der Waals surface area contributed by atoms with Crippen LogP contribution < -0.4 is 0 Å². The summed E-state index contributed by atoms with van der Waals surface area (Å²) in [4.78, 5) is 7.74. The van der Waals surface area contributed by atoms with Gasteiger partial charge >= 0.3 is 0 Å². The molecule has 5 heteroatoms. The van der Waals surface area contributed by atoms with Gasteiger partial charge in [0.1, 0.15) is 17.7 Å². The molecule has 2 aromatic rings. The molecule has 1 N–H and O–H groups in total. The largest absolute Gasteiger partial charge is 0.380 e. The van der Waals surface area contributed by atoms with E-state index >= 15 is 0 Å². The highest BCUT2D eigenvalue weighted by Gasteiger charge is 2.23. The minimum absolute atomic E-state index is 0.0241. The van der Waals surface area contributed by atoms with Crippen molar-refractivity contribution in [2.75, 3.05) is 0 Å². The highest BCUT2D eigenvalue weighted by molar-refractivity contribution is 5.31. The van der Waals surface area contributed by atoms with Crippen LogP contribution in [0.3, 0.4) is 0 Å². The molecule has 1 aromatic carbocycles. The lowest BCUT2D eigenvalue weighted by atomic mass is 10.0. The fourth-order valence-electron chi connectivity index (χ4n) is 1.60. The van der Waals surface area contributed by atoms with E-state index in [2.05, 4.69) is 9.97 Å². The van der Waals surface area contributed by atoms with Gasteiger partial charge in [0.2, 0.25) is 0 Å². The van der Waals surface area contributed by atoms with Crippen LogP contribution in [-0.4, -0.2) is 15.1 Å². The lowest BCUT2D eigenvalue weighted by molar-refractivity contribution is 0.198. The summed E-state index contributed by atoms with van der Waals surface area (Å²) in [5.41, 5.74) is 0.646. The van der Waals surface area contributed by atoms with Gasteiger partial charge in [-0.15, -0.1) is 0 Å². The third kappa shape index (κ3) is 2.22. The molecule has 0 saturated heterocycles. The van der Waals surface area contributed by atoms with Crippen LogP contribution in [0.25, 0.3) is 0 Å². The average Bonchev–Trinajstić information content (AvgIpc) is 2.35. The number of benzene rings is 1. The van der Waals surface area contributed by atoms with E-state index in [1.807, 2.05) is 0 Å². The SMILES string of the molecule is Cc1cnc(C(O)c2c(F)ccc(C)c2F)nc1. The molecule has 1 unspecified atom stereocenters. The highest BCUT2D eigenvalue weighted by Crippen LogP contribution is 2.26. The molecule has 1 atom stereocenters. The maximum atomic E-state index is 13.8. The maximum absolute atomic E-state index is 13.8. The Morgan fingerprint density at radius 1 is 1.11 bits per heavy atom. The van der Waals surface area contributed by atoms with Gasteiger partial charge in [-0.3, -0.25) is 0 Å². The lowest BCUT2D eigenvalue weighted by Crippen LogP contribution is -2.10. The molecule has 1 heterocycles. The van der Waals surface area contributed by atoms with Crippen molar-refractivity contribution in [3.8, 4) is 0 Å². The van der Waals surface area contributed by atoms with Gasteiger partial charge in [0.25, 0.3) is 0 Å². The van der Waals surface area contributed by atoms with Crippen LogP contribution in [0.5, 0.6) is 0 Å². The number of aromatic nitrogens is 2. The summed E-state index contributed by atoms with van der Waals surface area (Å²) in [7, 11) is 0. The first-order valence-corrected chi connectivity index (χ1v) is 5.42. The van der Waals surface area contributed by atoms with Crippen molar-refractivity contribution in [3.05, 3.63) is 58.7 Å². The number of aryl methyl sites for hydroxylation is 2. The molecule has 0 aliphatic rings. The van der Waals surface area contributed by atoms with Crippen molar-refractivity contribution in [2.24, 2.45) is 0 Å². The van der Waals surface area contributed by atoms with E-state index in [-0.39, 0.29) is 11.4 Å². The Labute approximate surface area is 103 Å². The Kier molecular flexibility index (Phi) is 3.34. The van der Waals surface area contributed by atoms with E-state index in [1.54, 1.807) is 6.92 Å². The molecule has 3 nitrogen and oxygen atoms in total. The minimum atomic E-state index is -1.51. The number of halogens is 2. The second-order valence-corrected chi connectivity index (χ2v) is 4.11. The third-order valence-electron chi connectivity index (χ3n) is 2.64. The van der Waals surface area contributed by atoms with Gasteiger partial charge in [0.05, 0.1) is 5.56 Å². The Bertz CT molecular complexity index is 570. The van der Waals surface area contributed by atoms with E-state index in [4.69, 9.17) is 0 Å². The number of hydrogen-bond donors (Lipinski definition) is 1. The van der Waals surface area contributed by atoms with Gasteiger partial charge in [-0.1, -0.05) is 6.07 Å². The van der Waals surface area contributed by atoms with Crippen LogP contribution >= 0.6 is 0 Å². The molecule has 1 aromatic heterocycles. The monoisotopic (exact) mass is 250 g/mol. The zero-order chi connectivity index (χ0) is 13.3. The number of nitrogens with zero attached hydrogens (tertiary/aromatic N) is 2. The molecule has 0 saturated carbocycles. The van der Waals surface area contributed by atoms with E-state index in [0.717, 1.165) is 11.6 Å². The zero-order valence-electron chi connectivity index (χ0n) is 9.98. The van der Waals surface area contributed by atoms with Crippen molar-refractivity contribution < 1.29 is 13.9 Å². The average molecular weight is 250 g/mol. The third-order valence-corrected chi connectivity index (χ3v) is 2.64. The predicted octanol–water partition coefficient (Wildman–Crippen LogP) is 2.45. The summed E-state index contributed by atoms with van der Waals surface area (Å²) in [5.74, 6) is -1.61.